The Morgan fingerprint density at radius 1 is 1.41 bits per heavy atom. The van der Waals surface area contributed by atoms with Crippen molar-refractivity contribution in [2.75, 3.05) is 0 Å². The Balaban J connectivity index is 2.15. The standard InChI is InChI=1S/C13H16N2O2/c1-9-7-13(17-15-9)10(2)16-12-6-4-3-5-11(12)8-14/h3-7,10H,8,14H2,1-2H3. The molecule has 2 aromatic rings. The SMILES string of the molecule is Cc1cc(C(C)Oc2ccccc2CN)on1. The highest BCUT2D eigenvalue weighted by molar-refractivity contribution is 5.33. The molecule has 17 heavy (non-hydrogen) atoms. The summed E-state index contributed by atoms with van der Waals surface area (Å²) in [6, 6.07) is 9.59. The number of benzene rings is 1. The second-order valence-electron chi connectivity index (χ2n) is 3.94. The van der Waals surface area contributed by atoms with E-state index in [4.69, 9.17) is 15.0 Å². The van der Waals surface area contributed by atoms with Crippen LogP contribution in [0.5, 0.6) is 5.75 Å². The van der Waals surface area contributed by atoms with E-state index in [1.807, 2.05) is 44.2 Å². The topological polar surface area (TPSA) is 61.3 Å². The van der Waals surface area contributed by atoms with Crippen molar-refractivity contribution < 1.29 is 9.26 Å². The Bertz CT molecular complexity index is 494. The third-order valence-electron chi connectivity index (χ3n) is 2.54. The average molecular weight is 232 g/mol. The van der Waals surface area contributed by atoms with E-state index in [-0.39, 0.29) is 6.10 Å². The predicted octanol–water partition coefficient (Wildman–Crippen LogP) is 2.58. The molecule has 0 saturated heterocycles. The maximum atomic E-state index is 5.82. The molecule has 1 heterocycles. The molecule has 0 amide bonds. The fourth-order valence-electron chi connectivity index (χ4n) is 1.61. The molecule has 0 bridgehead atoms. The summed E-state index contributed by atoms with van der Waals surface area (Å²) in [5.74, 6) is 1.51. The van der Waals surface area contributed by atoms with Gasteiger partial charge in [0.05, 0.1) is 5.69 Å². The highest BCUT2D eigenvalue weighted by Crippen LogP contribution is 2.25. The van der Waals surface area contributed by atoms with Gasteiger partial charge in [-0.1, -0.05) is 23.4 Å². The number of aromatic nitrogens is 1. The van der Waals surface area contributed by atoms with E-state index in [2.05, 4.69) is 5.16 Å². The lowest BCUT2D eigenvalue weighted by atomic mass is 10.2. The van der Waals surface area contributed by atoms with Crippen LogP contribution in [-0.4, -0.2) is 5.16 Å². The number of hydrogen-bond donors (Lipinski definition) is 1. The first-order valence-electron chi connectivity index (χ1n) is 5.58. The Hall–Kier alpha value is -1.81. The molecule has 2 rings (SSSR count). The molecule has 0 saturated carbocycles. The van der Waals surface area contributed by atoms with Crippen molar-refractivity contribution >= 4 is 0 Å². The van der Waals surface area contributed by atoms with Crippen LogP contribution in [0.3, 0.4) is 0 Å². The van der Waals surface area contributed by atoms with Crippen molar-refractivity contribution in [1.29, 1.82) is 0 Å². The average Bonchev–Trinajstić information content (AvgIpc) is 2.77. The highest BCUT2D eigenvalue weighted by atomic mass is 16.5. The third kappa shape index (κ3) is 2.65. The minimum atomic E-state index is -0.177. The van der Waals surface area contributed by atoms with Crippen molar-refractivity contribution in [2.24, 2.45) is 5.73 Å². The normalized spacial score (nSPS) is 12.4. The fraction of sp³-hybridized carbons (Fsp3) is 0.308. The third-order valence-corrected chi connectivity index (χ3v) is 2.54. The van der Waals surface area contributed by atoms with E-state index in [1.165, 1.54) is 0 Å². The van der Waals surface area contributed by atoms with Gasteiger partial charge in [0.2, 0.25) is 0 Å². The molecule has 1 aromatic heterocycles. The minimum absolute atomic E-state index is 0.177. The van der Waals surface area contributed by atoms with Gasteiger partial charge in [-0.05, 0) is 19.9 Å². The summed E-state index contributed by atoms with van der Waals surface area (Å²) in [6.45, 7) is 4.26. The van der Waals surface area contributed by atoms with E-state index >= 15 is 0 Å². The Morgan fingerprint density at radius 2 is 2.18 bits per heavy atom. The summed E-state index contributed by atoms with van der Waals surface area (Å²) in [7, 11) is 0. The lowest BCUT2D eigenvalue weighted by molar-refractivity contribution is 0.180. The molecule has 0 aliphatic rings. The lowest BCUT2D eigenvalue weighted by Crippen LogP contribution is -2.06. The first-order chi connectivity index (χ1) is 8.20. The van der Waals surface area contributed by atoms with Crippen LogP contribution in [0.1, 0.15) is 30.0 Å². The largest absolute Gasteiger partial charge is 0.482 e. The molecule has 4 nitrogen and oxygen atoms in total. The molecule has 0 spiro atoms. The number of hydrogen-bond acceptors (Lipinski definition) is 4. The van der Waals surface area contributed by atoms with Gasteiger partial charge in [-0.3, -0.25) is 0 Å². The van der Waals surface area contributed by atoms with E-state index in [9.17, 15) is 0 Å². The second-order valence-corrected chi connectivity index (χ2v) is 3.94. The second kappa shape index (κ2) is 5.01. The van der Waals surface area contributed by atoms with E-state index in [0.29, 0.717) is 12.3 Å². The van der Waals surface area contributed by atoms with Crippen LogP contribution in [0, 0.1) is 6.92 Å². The van der Waals surface area contributed by atoms with Crippen LogP contribution in [0.4, 0.5) is 0 Å². The van der Waals surface area contributed by atoms with Gasteiger partial charge >= 0.3 is 0 Å². The summed E-state index contributed by atoms with van der Waals surface area (Å²) in [5, 5.41) is 3.84. The fourth-order valence-corrected chi connectivity index (χ4v) is 1.61. The number of rotatable bonds is 4. The van der Waals surface area contributed by atoms with Gasteiger partial charge in [-0.15, -0.1) is 0 Å². The molecule has 2 N–H and O–H groups in total. The van der Waals surface area contributed by atoms with Gasteiger partial charge in [-0.25, -0.2) is 0 Å². The van der Waals surface area contributed by atoms with Crippen molar-refractivity contribution in [1.82, 2.24) is 5.16 Å². The number of para-hydroxylation sites is 1. The maximum Gasteiger partial charge on any atom is 0.177 e. The quantitative estimate of drug-likeness (QED) is 0.880. The van der Waals surface area contributed by atoms with Crippen molar-refractivity contribution in [3.05, 3.63) is 47.3 Å². The van der Waals surface area contributed by atoms with Gasteiger partial charge in [0.25, 0.3) is 0 Å². The summed E-state index contributed by atoms with van der Waals surface area (Å²) < 4.78 is 11.0. The van der Waals surface area contributed by atoms with E-state index < -0.39 is 0 Å². The summed E-state index contributed by atoms with van der Waals surface area (Å²) in [6.07, 6.45) is -0.177. The zero-order valence-corrected chi connectivity index (χ0v) is 10.0. The first kappa shape index (κ1) is 11.7. The van der Waals surface area contributed by atoms with Gasteiger partial charge in [0.15, 0.2) is 11.9 Å². The number of ether oxygens (including phenoxy) is 1. The molecule has 1 unspecified atom stereocenters. The number of aryl methyl sites for hydroxylation is 1. The molecular weight excluding hydrogens is 216 g/mol. The van der Waals surface area contributed by atoms with Crippen LogP contribution in [0.2, 0.25) is 0 Å². The smallest absolute Gasteiger partial charge is 0.177 e. The maximum absolute atomic E-state index is 5.82. The van der Waals surface area contributed by atoms with Gasteiger partial charge in [-0.2, -0.15) is 0 Å². The zero-order chi connectivity index (χ0) is 12.3. The number of nitrogens with zero attached hydrogens (tertiary/aromatic N) is 1. The molecule has 1 atom stereocenters. The van der Waals surface area contributed by atoms with Gasteiger partial charge < -0.3 is 15.0 Å². The van der Waals surface area contributed by atoms with E-state index in [1.54, 1.807) is 0 Å². The molecule has 0 radical (unpaired) electrons. The molecule has 0 fully saturated rings. The van der Waals surface area contributed by atoms with Crippen LogP contribution in [0.15, 0.2) is 34.9 Å². The van der Waals surface area contributed by atoms with Gasteiger partial charge in [0, 0.05) is 18.2 Å². The molecule has 90 valence electrons. The van der Waals surface area contributed by atoms with E-state index in [0.717, 1.165) is 17.0 Å². The summed E-state index contributed by atoms with van der Waals surface area (Å²) >= 11 is 0. The monoisotopic (exact) mass is 232 g/mol. The Labute approximate surface area is 100 Å². The van der Waals surface area contributed by atoms with Crippen LogP contribution >= 0.6 is 0 Å². The minimum Gasteiger partial charge on any atom is -0.482 e. The van der Waals surface area contributed by atoms with Crippen molar-refractivity contribution in [3.8, 4) is 5.75 Å². The van der Waals surface area contributed by atoms with Crippen LogP contribution in [0.25, 0.3) is 0 Å². The number of nitrogens with two attached hydrogens (primary N) is 1. The van der Waals surface area contributed by atoms with Crippen molar-refractivity contribution in [2.45, 2.75) is 26.5 Å². The highest BCUT2D eigenvalue weighted by Gasteiger charge is 2.13. The van der Waals surface area contributed by atoms with Crippen LogP contribution in [-0.2, 0) is 6.54 Å². The van der Waals surface area contributed by atoms with Gasteiger partial charge in [0.1, 0.15) is 5.75 Å². The predicted molar refractivity (Wildman–Crippen MR) is 64.6 cm³/mol. The first-order valence-corrected chi connectivity index (χ1v) is 5.58. The zero-order valence-electron chi connectivity index (χ0n) is 10.0. The van der Waals surface area contributed by atoms with Crippen molar-refractivity contribution in [3.63, 3.8) is 0 Å². The molecular formula is C13H16N2O2. The lowest BCUT2D eigenvalue weighted by Gasteiger charge is -2.14. The van der Waals surface area contributed by atoms with Crippen LogP contribution < -0.4 is 10.5 Å². The Kier molecular flexibility index (Phi) is 3.44. The molecule has 0 aliphatic heterocycles. The summed E-state index contributed by atoms with van der Waals surface area (Å²) in [5.41, 5.74) is 7.48. The molecule has 4 heteroatoms. The summed E-state index contributed by atoms with van der Waals surface area (Å²) in [4.78, 5) is 0. The molecule has 1 aromatic carbocycles. The Morgan fingerprint density at radius 3 is 2.82 bits per heavy atom. The molecule has 0 aliphatic carbocycles.